The summed E-state index contributed by atoms with van der Waals surface area (Å²) < 4.78 is 0. The number of aliphatic hydroxyl groups is 1. The first-order valence-electron chi connectivity index (χ1n) is 4.47. The molecule has 1 aromatic rings. The standard InChI is InChI=1S/C10H11ClN2O2/c1-3-7(14)4-8(15)9-10(11)13-6(2)5-12-9/h4-5,15H,3H2,1-2H3. The van der Waals surface area contributed by atoms with E-state index in [4.69, 9.17) is 11.6 Å². The van der Waals surface area contributed by atoms with E-state index in [2.05, 4.69) is 9.97 Å². The van der Waals surface area contributed by atoms with E-state index < -0.39 is 0 Å². The van der Waals surface area contributed by atoms with Crippen LogP contribution in [0.2, 0.25) is 5.15 Å². The van der Waals surface area contributed by atoms with Gasteiger partial charge in [-0.25, -0.2) is 9.97 Å². The lowest BCUT2D eigenvalue weighted by molar-refractivity contribution is -0.114. The predicted octanol–water partition coefficient (Wildman–Crippen LogP) is 2.32. The molecule has 0 unspecified atom stereocenters. The Balaban J connectivity index is 3.06. The largest absolute Gasteiger partial charge is 0.505 e. The van der Waals surface area contributed by atoms with Crippen LogP contribution in [0.4, 0.5) is 0 Å². The number of hydrogen-bond donors (Lipinski definition) is 1. The first-order chi connectivity index (χ1) is 7.04. The van der Waals surface area contributed by atoms with Gasteiger partial charge < -0.3 is 5.11 Å². The number of halogens is 1. The molecule has 0 fully saturated rings. The summed E-state index contributed by atoms with van der Waals surface area (Å²) >= 11 is 5.77. The molecule has 0 aliphatic carbocycles. The number of ketones is 1. The van der Waals surface area contributed by atoms with Crippen molar-refractivity contribution in [2.75, 3.05) is 0 Å². The van der Waals surface area contributed by atoms with E-state index in [1.807, 2.05) is 0 Å². The third-order valence-electron chi connectivity index (χ3n) is 1.74. The Bertz CT molecular complexity index is 416. The van der Waals surface area contributed by atoms with Gasteiger partial charge in [0.25, 0.3) is 0 Å². The van der Waals surface area contributed by atoms with Crippen molar-refractivity contribution >= 4 is 23.1 Å². The van der Waals surface area contributed by atoms with Crippen molar-refractivity contribution in [2.24, 2.45) is 0 Å². The average Bonchev–Trinajstić information content (AvgIpc) is 2.17. The molecule has 0 spiro atoms. The van der Waals surface area contributed by atoms with Crippen LogP contribution in [0.3, 0.4) is 0 Å². The lowest BCUT2D eigenvalue weighted by atomic mass is 10.2. The zero-order valence-electron chi connectivity index (χ0n) is 8.49. The van der Waals surface area contributed by atoms with Gasteiger partial charge in [0.1, 0.15) is 11.5 Å². The Labute approximate surface area is 92.6 Å². The molecule has 0 amide bonds. The van der Waals surface area contributed by atoms with Gasteiger partial charge >= 0.3 is 0 Å². The Morgan fingerprint density at radius 1 is 1.67 bits per heavy atom. The SMILES string of the molecule is CCC(=O)C=C(O)c1ncc(C)nc1Cl. The maximum atomic E-state index is 11.0. The Kier molecular flexibility index (Phi) is 3.80. The van der Waals surface area contributed by atoms with E-state index in [1.54, 1.807) is 13.8 Å². The van der Waals surface area contributed by atoms with Crippen LogP contribution in [-0.4, -0.2) is 20.9 Å². The van der Waals surface area contributed by atoms with E-state index in [-0.39, 0.29) is 22.4 Å². The van der Waals surface area contributed by atoms with Gasteiger partial charge in [0.05, 0.1) is 5.69 Å². The first kappa shape index (κ1) is 11.7. The number of carbonyl (C=O) groups is 1. The van der Waals surface area contributed by atoms with Crippen LogP contribution >= 0.6 is 11.6 Å². The lowest BCUT2D eigenvalue weighted by Gasteiger charge is -2.01. The summed E-state index contributed by atoms with van der Waals surface area (Å²) in [5.74, 6) is -0.440. The van der Waals surface area contributed by atoms with Gasteiger partial charge in [0.15, 0.2) is 10.9 Å². The monoisotopic (exact) mass is 226 g/mol. The predicted molar refractivity (Wildman–Crippen MR) is 57.7 cm³/mol. The maximum absolute atomic E-state index is 11.0. The molecule has 1 rings (SSSR count). The summed E-state index contributed by atoms with van der Waals surface area (Å²) in [4.78, 5) is 18.9. The zero-order chi connectivity index (χ0) is 11.4. The highest BCUT2D eigenvalue weighted by Crippen LogP contribution is 2.17. The van der Waals surface area contributed by atoms with Crippen LogP contribution in [0.15, 0.2) is 12.3 Å². The number of rotatable bonds is 3. The molecule has 0 saturated carbocycles. The summed E-state index contributed by atoms with van der Waals surface area (Å²) in [5, 5.41) is 9.64. The van der Waals surface area contributed by atoms with E-state index >= 15 is 0 Å². The summed E-state index contributed by atoms with van der Waals surface area (Å²) in [7, 11) is 0. The first-order valence-corrected chi connectivity index (χ1v) is 4.85. The Morgan fingerprint density at radius 2 is 2.33 bits per heavy atom. The van der Waals surface area contributed by atoms with Gasteiger partial charge in [0.2, 0.25) is 0 Å². The van der Waals surface area contributed by atoms with Crippen LogP contribution < -0.4 is 0 Å². The number of aryl methyl sites for hydroxylation is 1. The minimum Gasteiger partial charge on any atom is -0.505 e. The molecule has 0 atom stereocenters. The lowest BCUT2D eigenvalue weighted by Crippen LogP contribution is -1.98. The number of aliphatic hydroxyl groups excluding tert-OH is 1. The molecule has 80 valence electrons. The number of allylic oxidation sites excluding steroid dienone is 1. The number of hydrogen-bond acceptors (Lipinski definition) is 4. The molecule has 4 nitrogen and oxygen atoms in total. The summed E-state index contributed by atoms with van der Waals surface area (Å²) in [5.41, 5.74) is 0.780. The van der Waals surface area contributed by atoms with Gasteiger partial charge in [0, 0.05) is 18.7 Å². The average molecular weight is 227 g/mol. The van der Waals surface area contributed by atoms with Crippen molar-refractivity contribution in [3.63, 3.8) is 0 Å². The fraction of sp³-hybridized carbons (Fsp3) is 0.300. The van der Waals surface area contributed by atoms with Crippen LogP contribution in [0, 0.1) is 6.92 Å². The van der Waals surface area contributed by atoms with Crippen molar-refractivity contribution in [3.05, 3.63) is 28.8 Å². The quantitative estimate of drug-likeness (QED) is 0.635. The fourth-order valence-electron chi connectivity index (χ4n) is 0.943. The van der Waals surface area contributed by atoms with Crippen LogP contribution in [-0.2, 0) is 4.79 Å². The topological polar surface area (TPSA) is 63.1 Å². The maximum Gasteiger partial charge on any atom is 0.159 e. The minimum atomic E-state index is -0.251. The van der Waals surface area contributed by atoms with Gasteiger partial charge in [-0.05, 0) is 6.92 Å². The van der Waals surface area contributed by atoms with Gasteiger partial charge in [-0.1, -0.05) is 18.5 Å². The molecule has 1 aromatic heterocycles. The molecule has 1 N–H and O–H groups in total. The van der Waals surface area contributed by atoms with Crippen molar-refractivity contribution in [2.45, 2.75) is 20.3 Å². The van der Waals surface area contributed by atoms with Crippen molar-refractivity contribution in [1.82, 2.24) is 9.97 Å². The van der Waals surface area contributed by atoms with E-state index in [1.165, 1.54) is 6.20 Å². The van der Waals surface area contributed by atoms with Gasteiger partial charge in [-0.15, -0.1) is 0 Å². The van der Waals surface area contributed by atoms with Gasteiger partial charge in [-0.2, -0.15) is 0 Å². The van der Waals surface area contributed by atoms with Crippen molar-refractivity contribution in [1.29, 1.82) is 0 Å². The van der Waals surface area contributed by atoms with E-state index in [9.17, 15) is 9.90 Å². The van der Waals surface area contributed by atoms with Crippen LogP contribution in [0.25, 0.3) is 5.76 Å². The second-order valence-electron chi connectivity index (χ2n) is 3.00. The molecule has 0 bridgehead atoms. The highest BCUT2D eigenvalue weighted by atomic mass is 35.5. The third kappa shape index (κ3) is 3.02. The molecule has 0 radical (unpaired) electrons. The summed E-state index contributed by atoms with van der Waals surface area (Å²) in [6, 6.07) is 0. The second-order valence-corrected chi connectivity index (χ2v) is 3.36. The molecule has 5 heteroatoms. The molecule has 1 heterocycles. The summed E-state index contributed by atoms with van der Waals surface area (Å²) in [6.07, 6.45) is 2.90. The van der Waals surface area contributed by atoms with E-state index in [0.717, 1.165) is 6.08 Å². The molecular weight excluding hydrogens is 216 g/mol. The highest BCUT2D eigenvalue weighted by molar-refractivity contribution is 6.30. The summed E-state index contributed by atoms with van der Waals surface area (Å²) in [6.45, 7) is 3.44. The van der Waals surface area contributed by atoms with Crippen LogP contribution in [0.5, 0.6) is 0 Å². The molecule has 0 saturated heterocycles. The third-order valence-corrected chi connectivity index (χ3v) is 2.00. The molecule has 0 aromatic carbocycles. The Morgan fingerprint density at radius 3 is 2.87 bits per heavy atom. The molecule has 0 aliphatic heterocycles. The molecular formula is C10H11ClN2O2. The number of nitrogens with zero attached hydrogens (tertiary/aromatic N) is 2. The number of carbonyl (C=O) groups excluding carboxylic acids is 1. The van der Waals surface area contributed by atoms with Crippen molar-refractivity contribution in [3.8, 4) is 0 Å². The Hall–Kier alpha value is -1.42. The fourth-order valence-corrected chi connectivity index (χ4v) is 1.22. The zero-order valence-corrected chi connectivity index (χ0v) is 9.25. The van der Waals surface area contributed by atoms with Crippen molar-refractivity contribution < 1.29 is 9.90 Å². The van der Waals surface area contributed by atoms with Crippen LogP contribution in [0.1, 0.15) is 24.7 Å². The van der Waals surface area contributed by atoms with E-state index in [0.29, 0.717) is 12.1 Å². The molecule has 15 heavy (non-hydrogen) atoms. The molecule has 0 aliphatic rings. The van der Waals surface area contributed by atoms with Gasteiger partial charge in [-0.3, -0.25) is 4.79 Å². The minimum absolute atomic E-state index is 0.0904. The smallest absolute Gasteiger partial charge is 0.159 e. The number of aromatic nitrogens is 2. The second kappa shape index (κ2) is 4.89. The normalized spacial score (nSPS) is 11.5. The highest BCUT2D eigenvalue weighted by Gasteiger charge is 2.09.